The van der Waals surface area contributed by atoms with Gasteiger partial charge in [-0.05, 0) is 85.5 Å². The molecule has 0 spiro atoms. The molecule has 1 aromatic carbocycles. The summed E-state index contributed by atoms with van der Waals surface area (Å²) in [6.45, 7) is 13.7. The van der Waals surface area contributed by atoms with E-state index < -0.39 is 8.07 Å². The van der Waals surface area contributed by atoms with Gasteiger partial charge in [-0.3, -0.25) is 4.79 Å². The summed E-state index contributed by atoms with van der Waals surface area (Å²) in [5.74, 6) is 0.305. The topological polar surface area (TPSA) is 49.7 Å². The third-order valence-electron chi connectivity index (χ3n) is 6.21. The molecule has 2 aromatic rings. The number of ketones is 1. The Labute approximate surface area is 196 Å². The van der Waals surface area contributed by atoms with Crippen LogP contribution in [0.5, 0.6) is 5.75 Å². The lowest BCUT2D eigenvalue weighted by molar-refractivity contribution is -0.109. The second kappa shape index (κ2) is 7.00. The van der Waals surface area contributed by atoms with E-state index in [2.05, 4.69) is 76.3 Å². The van der Waals surface area contributed by atoms with Gasteiger partial charge in [-0.1, -0.05) is 41.5 Å². The van der Waals surface area contributed by atoms with Crippen LogP contribution in [-0.2, 0) is 4.79 Å². The number of hydrogen-bond donors (Lipinski definition) is 1. The lowest BCUT2D eigenvalue weighted by atomic mass is 10.0. The maximum absolute atomic E-state index is 13.4. The number of rotatable bonds is 1. The van der Waals surface area contributed by atoms with E-state index in [0.717, 1.165) is 35.1 Å². The molecule has 0 atom stereocenters. The molecule has 1 aliphatic heterocycles. The summed E-state index contributed by atoms with van der Waals surface area (Å²) in [5, 5.41) is 12.5. The van der Waals surface area contributed by atoms with Gasteiger partial charge < -0.3 is 5.11 Å². The van der Waals surface area contributed by atoms with Crippen LogP contribution in [0.15, 0.2) is 52.7 Å². The predicted molar refractivity (Wildman–Crippen MR) is 138 cm³/mol. The maximum atomic E-state index is 13.4. The second-order valence-corrected chi connectivity index (χ2v) is 18.5. The Bertz CT molecular complexity index is 1140. The average Bonchev–Trinajstić information content (AvgIpc) is 3.03. The molecule has 1 aromatic heterocycles. The number of carbonyl (C=O) groups excluding carboxylic acids is 1. The fourth-order valence-electron chi connectivity index (χ4n) is 5.61. The highest BCUT2D eigenvalue weighted by Crippen LogP contribution is 2.59. The number of thiophene rings is 1. The number of phenolic OH excluding ortho intramolecular Hbond substituents is 1. The summed E-state index contributed by atoms with van der Waals surface area (Å²) >= 11 is 3.96. The first-order valence-electron chi connectivity index (χ1n) is 10.0. The van der Waals surface area contributed by atoms with Crippen LogP contribution in [-0.4, -0.2) is 24.7 Å². The van der Waals surface area contributed by atoms with Gasteiger partial charge in [-0.25, -0.2) is 4.99 Å². The zero-order chi connectivity index (χ0) is 22.1. The third kappa shape index (κ3) is 3.02. The summed E-state index contributed by atoms with van der Waals surface area (Å²) in [7, 11) is -2.66. The van der Waals surface area contributed by atoms with Gasteiger partial charge in [0.15, 0.2) is 5.78 Å². The van der Waals surface area contributed by atoms with Crippen LogP contribution < -0.4 is 5.19 Å². The number of nitrogens with zero attached hydrogens (tertiary/aromatic N) is 1. The molecular weight excluding hydrogens is 521 g/mol. The van der Waals surface area contributed by atoms with Crippen LogP contribution in [0.25, 0.3) is 5.57 Å². The van der Waals surface area contributed by atoms with Crippen LogP contribution in [0.3, 0.4) is 0 Å². The van der Waals surface area contributed by atoms with Crippen molar-refractivity contribution in [2.75, 3.05) is 0 Å². The maximum Gasteiger partial charge on any atom is 0.187 e. The number of phenols is 1. The standard InChI is InChI=1S/C24H26INO2SSi/c1-23(2,3)30(24(4,5)6)19-13-14(27)7-8-15(19)26-16-9-10-17(28)21(22(16)30)18-11-12-20(25)29-18/h7-13,27H,1-6H3. The van der Waals surface area contributed by atoms with Gasteiger partial charge in [0.25, 0.3) is 0 Å². The van der Waals surface area contributed by atoms with Crippen LogP contribution in [0.4, 0.5) is 5.69 Å². The summed E-state index contributed by atoms with van der Waals surface area (Å²) in [6, 6.07) is 9.67. The number of benzene rings is 1. The number of aromatic hydroxyl groups is 1. The molecule has 0 radical (unpaired) electrons. The van der Waals surface area contributed by atoms with Crippen molar-refractivity contribution in [2.24, 2.45) is 4.99 Å². The number of allylic oxidation sites excluding steroid dienone is 4. The quantitative estimate of drug-likeness (QED) is 0.251. The largest absolute Gasteiger partial charge is 0.508 e. The Balaban J connectivity index is 2.26. The highest BCUT2D eigenvalue weighted by molar-refractivity contribution is 14.1. The van der Waals surface area contributed by atoms with Crippen LogP contribution in [0.1, 0.15) is 46.4 Å². The third-order valence-corrected chi connectivity index (χ3v) is 15.1. The van der Waals surface area contributed by atoms with Gasteiger partial charge in [-0.2, -0.15) is 0 Å². The van der Waals surface area contributed by atoms with Gasteiger partial charge in [0.05, 0.1) is 14.3 Å². The molecule has 6 heteroatoms. The van der Waals surface area contributed by atoms with Crippen molar-refractivity contribution >= 4 is 69.9 Å². The van der Waals surface area contributed by atoms with Gasteiger partial charge in [-0.15, -0.1) is 11.3 Å². The lowest BCUT2D eigenvalue weighted by Crippen LogP contribution is -2.66. The van der Waals surface area contributed by atoms with E-state index in [-0.39, 0.29) is 21.6 Å². The van der Waals surface area contributed by atoms with Crippen LogP contribution >= 0.6 is 33.9 Å². The van der Waals surface area contributed by atoms with Gasteiger partial charge >= 0.3 is 0 Å². The number of aliphatic imine (C=N–C) groups is 1. The molecule has 1 N–H and O–H groups in total. The molecule has 0 saturated carbocycles. The normalized spacial score (nSPS) is 18.2. The Morgan fingerprint density at radius 2 is 1.67 bits per heavy atom. The summed E-state index contributed by atoms with van der Waals surface area (Å²) < 4.78 is 1.16. The van der Waals surface area contributed by atoms with Gasteiger partial charge in [0, 0.05) is 10.5 Å². The molecule has 1 aliphatic carbocycles. The SMILES string of the molecule is CC(C)(C)[Si]1(C(C)(C)C)C2=C(c3ccc(I)s3)C(=O)C=CC2=Nc2ccc(O)cc21. The first kappa shape index (κ1) is 21.7. The molecule has 30 heavy (non-hydrogen) atoms. The number of carbonyl (C=O) groups is 1. The number of halogens is 1. The Hall–Kier alpha value is -1.51. The molecule has 3 nitrogen and oxygen atoms in total. The Morgan fingerprint density at radius 3 is 2.23 bits per heavy atom. The van der Waals surface area contributed by atoms with E-state index >= 15 is 0 Å². The minimum atomic E-state index is -2.66. The fourth-order valence-corrected chi connectivity index (χ4v) is 15.1. The Morgan fingerprint density at radius 1 is 1.00 bits per heavy atom. The smallest absolute Gasteiger partial charge is 0.187 e. The zero-order valence-corrected chi connectivity index (χ0v) is 22.1. The van der Waals surface area contributed by atoms with Crippen molar-refractivity contribution in [1.82, 2.24) is 0 Å². The zero-order valence-electron chi connectivity index (χ0n) is 18.1. The molecule has 0 fully saturated rings. The average molecular weight is 548 g/mol. The van der Waals surface area contributed by atoms with Crippen molar-refractivity contribution < 1.29 is 9.90 Å². The van der Waals surface area contributed by atoms with Crippen molar-refractivity contribution in [2.45, 2.75) is 51.6 Å². The first-order chi connectivity index (χ1) is 13.9. The first-order valence-corrected chi connectivity index (χ1v) is 13.9. The van der Waals surface area contributed by atoms with Crippen molar-refractivity contribution in [1.29, 1.82) is 0 Å². The molecule has 0 amide bonds. The van der Waals surface area contributed by atoms with E-state index in [4.69, 9.17) is 4.99 Å². The fraction of sp³-hybridized carbons (Fsp3) is 0.333. The van der Waals surface area contributed by atoms with E-state index in [1.807, 2.05) is 18.2 Å². The van der Waals surface area contributed by atoms with Crippen molar-refractivity contribution in [3.05, 3.63) is 55.4 Å². The molecule has 0 bridgehead atoms. The molecule has 2 aliphatic rings. The summed E-state index contributed by atoms with van der Waals surface area (Å²) in [6.07, 6.45) is 3.56. The van der Waals surface area contributed by atoms with Crippen molar-refractivity contribution in [3.8, 4) is 5.75 Å². The molecule has 2 heterocycles. The highest BCUT2D eigenvalue weighted by Gasteiger charge is 2.61. The number of hydrogen-bond acceptors (Lipinski definition) is 4. The molecular formula is C24H26INO2SSi. The molecule has 4 rings (SSSR count). The number of fused-ring (bicyclic) bond motifs is 2. The minimum Gasteiger partial charge on any atom is -0.508 e. The van der Waals surface area contributed by atoms with Crippen LogP contribution in [0, 0.1) is 2.88 Å². The molecule has 156 valence electrons. The Kier molecular flexibility index (Phi) is 5.07. The van der Waals surface area contributed by atoms with Crippen LogP contribution in [0.2, 0.25) is 10.1 Å². The minimum absolute atomic E-state index is 0.0520. The second-order valence-electron chi connectivity index (χ2n) is 10.00. The lowest BCUT2D eigenvalue weighted by Gasteiger charge is -2.56. The van der Waals surface area contributed by atoms with E-state index in [9.17, 15) is 9.90 Å². The molecule has 0 saturated heterocycles. The van der Waals surface area contributed by atoms with Gasteiger partial charge in [0.2, 0.25) is 0 Å². The monoisotopic (exact) mass is 547 g/mol. The highest BCUT2D eigenvalue weighted by atomic mass is 127. The van der Waals surface area contributed by atoms with Gasteiger partial charge in [0.1, 0.15) is 13.8 Å². The van der Waals surface area contributed by atoms with Crippen molar-refractivity contribution in [3.63, 3.8) is 0 Å². The van der Waals surface area contributed by atoms with E-state index in [1.165, 1.54) is 0 Å². The van der Waals surface area contributed by atoms with E-state index in [1.54, 1.807) is 23.5 Å². The summed E-state index contributed by atoms with van der Waals surface area (Å²) in [4.78, 5) is 19.4. The molecule has 0 unspecified atom stereocenters. The summed E-state index contributed by atoms with van der Waals surface area (Å²) in [5.41, 5.74) is 2.62. The van der Waals surface area contributed by atoms with E-state index in [0.29, 0.717) is 0 Å². The predicted octanol–water partition coefficient (Wildman–Crippen LogP) is 6.53.